The first kappa shape index (κ1) is 11.0. The van der Waals surface area contributed by atoms with E-state index in [9.17, 15) is 14.7 Å². The van der Waals surface area contributed by atoms with Crippen molar-refractivity contribution in [3.8, 4) is 0 Å². The second-order valence-electron chi connectivity index (χ2n) is 2.76. The molecular formula is C9H10N2O4. The van der Waals surface area contributed by atoms with E-state index in [1.807, 2.05) is 0 Å². The van der Waals surface area contributed by atoms with Crippen LogP contribution in [-0.4, -0.2) is 33.7 Å². The molecule has 6 nitrogen and oxygen atoms in total. The number of aryl methyl sites for hydroxylation is 1. The summed E-state index contributed by atoms with van der Waals surface area (Å²) < 4.78 is 5.64. The number of nitrogens with zero attached hydrogens (tertiary/aromatic N) is 2. The number of aromatic nitrogens is 2. The summed E-state index contributed by atoms with van der Waals surface area (Å²) in [4.78, 5) is 21.7. The van der Waals surface area contributed by atoms with Gasteiger partial charge in [-0.15, -0.1) is 0 Å². The molecule has 0 fully saturated rings. The van der Waals surface area contributed by atoms with Gasteiger partial charge in [0, 0.05) is 19.3 Å². The van der Waals surface area contributed by atoms with Gasteiger partial charge in [-0.25, -0.2) is 4.79 Å². The van der Waals surface area contributed by atoms with Gasteiger partial charge in [-0.3, -0.25) is 9.48 Å². The molecule has 1 N–H and O–H groups in total. The maximum absolute atomic E-state index is 11.0. The van der Waals surface area contributed by atoms with E-state index in [1.165, 1.54) is 10.7 Å². The molecule has 0 atom stereocenters. The lowest BCUT2D eigenvalue weighted by Gasteiger charge is -1.95. The van der Waals surface area contributed by atoms with Crippen molar-refractivity contribution >= 4 is 17.5 Å². The highest BCUT2D eigenvalue weighted by Crippen LogP contribution is 2.07. The number of hydrogen-bond acceptors (Lipinski definition) is 5. The minimum absolute atomic E-state index is 0.217. The quantitative estimate of drug-likeness (QED) is 0.330. The molecule has 1 rings (SSSR count). The Bertz CT molecular complexity index is 420. The van der Waals surface area contributed by atoms with Gasteiger partial charge >= 0.3 is 5.97 Å². The van der Waals surface area contributed by atoms with Crippen LogP contribution in [0.15, 0.2) is 18.3 Å². The van der Waals surface area contributed by atoms with Crippen molar-refractivity contribution in [3.05, 3.63) is 24.0 Å². The molecule has 0 radical (unpaired) electrons. The zero-order chi connectivity index (χ0) is 11.4. The number of ether oxygens (including phenoxy) is 1. The van der Waals surface area contributed by atoms with Crippen LogP contribution < -0.4 is 0 Å². The molecule has 15 heavy (non-hydrogen) atoms. The summed E-state index contributed by atoms with van der Waals surface area (Å²) in [6.07, 6.45) is 2.37. The summed E-state index contributed by atoms with van der Waals surface area (Å²) in [5, 5.41) is 13.2. The molecule has 1 aromatic rings. The number of hydrogen-bond donors (Lipinski definition) is 1. The van der Waals surface area contributed by atoms with E-state index in [0.717, 1.165) is 13.2 Å². The van der Waals surface area contributed by atoms with E-state index in [-0.39, 0.29) is 11.5 Å². The summed E-state index contributed by atoms with van der Waals surface area (Å²) in [6, 6.07) is 1.51. The van der Waals surface area contributed by atoms with Gasteiger partial charge in [0.25, 0.3) is 5.78 Å². The fourth-order valence-electron chi connectivity index (χ4n) is 0.909. The van der Waals surface area contributed by atoms with Gasteiger partial charge in [0.05, 0.1) is 7.11 Å². The van der Waals surface area contributed by atoms with Gasteiger partial charge in [0.2, 0.25) is 0 Å². The third kappa shape index (κ3) is 2.67. The number of ketones is 1. The van der Waals surface area contributed by atoms with Crippen LogP contribution in [0.5, 0.6) is 0 Å². The number of rotatable bonds is 3. The summed E-state index contributed by atoms with van der Waals surface area (Å²) in [5.41, 5.74) is 0.217. The normalized spacial score (nSPS) is 11.2. The zero-order valence-corrected chi connectivity index (χ0v) is 8.30. The van der Waals surface area contributed by atoms with E-state index in [2.05, 4.69) is 9.84 Å². The monoisotopic (exact) mass is 210 g/mol. The lowest BCUT2D eigenvalue weighted by Crippen LogP contribution is -2.13. The standard InChI is InChI=1S/C9H10N2O4/c1-11-4-3-6(10-11)7(12)5-8(13)9(14)15-2/h3-5,12H,1-2H3. The van der Waals surface area contributed by atoms with Crippen LogP contribution >= 0.6 is 0 Å². The third-order valence-electron chi connectivity index (χ3n) is 1.63. The van der Waals surface area contributed by atoms with Crippen molar-refractivity contribution in [2.24, 2.45) is 7.05 Å². The Morgan fingerprint density at radius 3 is 2.73 bits per heavy atom. The van der Waals surface area contributed by atoms with Crippen molar-refractivity contribution in [3.63, 3.8) is 0 Å². The molecule has 0 unspecified atom stereocenters. The lowest BCUT2D eigenvalue weighted by atomic mass is 10.3. The van der Waals surface area contributed by atoms with Gasteiger partial charge in [0.1, 0.15) is 11.5 Å². The van der Waals surface area contributed by atoms with Crippen LogP contribution in [0, 0.1) is 0 Å². The Hall–Kier alpha value is -2.11. The summed E-state index contributed by atoms with van der Waals surface area (Å²) in [6.45, 7) is 0. The highest BCUT2D eigenvalue weighted by molar-refractivity contribution is 6.39. The predicted octanol–water partition coefficient (Wildman–Crippen LogP) is 0.0611. The smallest absolute Gasteiger partial charge is 0.378 e. The first-order valence-electron chi connectivity index (χ1n) is 4.07. The Labute approximate surface area is 85.8 Å². The van der Waals surface area contributed by atoms with Gasteiger partial charge in [-0.2, -0.15) is 5.10 Å². The molecule has 0 aromatic carbocycles. The average Bonchev–Trinajstić information content (AvgIpc) is 2.63. The fraction of sp³-hybridized carbons (Fsp3) is 0.222. The Balaban J connectivity index is 2.85. The van der Waals surface area contributed by atoms with Crippen LogP contribution in [0.4, 0.5) is 0 Å². The minimum Gasteiger partial charge on any atom is -0.505 e. The van der Waals surface area contributed by atoms with Crippen molar-refractivity contribution in [2.75, 3.05) is 7.11 Å². The Kier molecular flexibility index (Phi) is 3.22. The van der Waals surface area contributed by atoms with Crippen LogP contribution in [0.3, 0.4) is 0 Å². The van der Waals surface area contributed by atoms with E-state index in [1.54, 1.807) is 13.2 Å². The third-order valence-corrected chi connectivity index (χ3v) is 1.63. The SMILES string of the molecule is COC(=O)C(=O)C=C(O)c1ccn(C)n1. The first-order valence-corrected chi connectivity index (χ1v) is 4.07. The molecular weight excluding hydrogens is 200 g/mol. The van der Waals surface area contributed by atoms with Crippen molar-refractivity contribution < 1.29 is 19.4 Å². The van der Waals surface area contributed by atoms with E-state index < -0.39 is 11.8 Å². The van der Waals surface area contributed by atoms with E-state index in [4.69, 9.17) is 0 Å². The first-order chi connectivity index (χ1) is 7.04. The number of carbonyl (C=O) groups excluding carboxylic acids is 2. The number of aliphatic hydroxyl groups excluding tert-OH is 1. The summed E-state index contributed by atoms with van der Waals surface area (Å²) in [5.74, 6) is -2.33. The molecule has 80 valence electrons. The van der Waals surface area contributed by atoms with Crippen LogP contribution in [0.2, 0.25) is 0 Å². The number of methoxy groups -OCH3 is 1. The van der Waals surface area contributed by atoms with Gasteiger partial charge in [-0.05, 0) is 6.07 Å². The molecule has 0 saturated carbocycles. The maximum atomic E-state index is 11.0. The number of carbonyl (C=O) groups is 2. The number of aliphatic hydroxyl groups is 1. The van der Waals surface area contributed by atoms with Crippen LogP contribution in [-0.2, 0) is 21.4 Å². The van der Waals surface area contributed by atoms with Crippen molar-refractivity contribution in [1.82, 2.24) is 9.78 Å². The molecule has 1 aromatic heterocycles. The fourth-order valence-corrected chi connectivity index (χ4v) is 0.909. The van der Waals surface area contributed by atoms with Crippen molar-refractivity contribution in [1.29, 1.82) is 0 Å². The number of esters is 1. The molecule has 0 aliphatic heterocycles. The molecule has 0 spiro atoms. The van der Waals surface area contributed by atoms with Crippen molar-refractivity contribution in [2.45, 2.75) is 0 Å². The molecule has 0 bridgehead atoms. The summed E-state index contributed by atoms with van der Waals surface area (Å²) >= 11 is 0. The molecule has 6 heteroatoms. The second kappa shape index (κ2) is 4.41. The molecule has 0 saturated heterocycles. The lowest BCUT2D eigenvalue weighted by molar-refractivity contribution is -0.149. The topological polar surface area (TPSA) is 81.4 Å². The highest BCUT2D eigenvalue weighted by Gasteiger charge is 2.13. The summed E-state index contributed by atoms with van der Waals surface area (Å²) in [7, 11) is 2.75. The maximum Gasteiger partial charge on any atom is 0.378 e. The molecule has 0 amide bonds. The van der Waals surface area contributed by atoms with Gasteiger partial charge in [0.15, 0.2) is 0 Å². The van der Waals surface area contributed by atoms with Gasteiger partial charge < -0.3 is 9.84 Å². The Morgan fingerprint density at radius 2 is 2.27 bits per heavy atom. The average molecular weight is 210 g/mol. The van der Waals surface area contributed by atoms with E-state index in [0.29, 0.717) is 0 Å². The predicted molar refractivity (Wildman–Crippen MR) is 50.8 cm³/mol. The zero-order valence-electron chi connectivity index (χ0n) is 8.30. The molecule has 0 aliphatic rings. The largest absolute Gasteiger partial charge is 0.505 e. The Morgan fingerprint density at radius 1 is 1.60 bits per heavy atom. The van der Waals surface area contributed by atoms with Gasteiger partial charge in [-0.1, -0.05) is 0 Å². The van der Waals surface area contributed by atoms with Crippen LogP contribution in [0.25, 0.3) is 5.76 Å². The molecule has 0 aliphatic carbocycles. The second-order valence-corrected chi connectivity index (χ2v) is 2.76. The van der Waals surface area contributed by atoms with E-state index >= 15 is 0 Å². The highest BCUT2D eigenvalue weighted by atomic mass is 16.5. The van der Waals surface area contributed by atoms with Crippen LogP contribution in [0.1, 0.15) is 5.69 Å². The minimum atomic E-state index is -1.03. The molecule has 1 heterocycles.